The maximum Gasteiger partial charge on any atom is 0.229 e. The summed E-state index contributed by atoms with van der Waals surface area (Å²) in [7, 11) is 0. The molecule has 2 aromatic heterocycles. The van der Waals surface area contributed by atoms with Gasteiger partial charge in [0.25, 0.3) is 0 Å². The van der Waals surface area contributed by atoms with Gasteiger partial charge in [-0.15, -0.1) is 12.4 Å². The molecule has 0 aliphatic heterocycles. The molecule has 1 aromatic carbocycles. The second-order valence-corrected chi connectivity index (χ2v) is 3.30. The molecule has 0 spiro atoms. The maximum atomic E-state index is 5.59. The van der Waals surface area contributed by atoms with E-state index in [2.05, 4.69) is 15.1 Å². The normalized spacial score (nSPS) is 10.2. The molecule has 0 radical (unpaired) electrons. The van der Waals surface area contributed by atoms with Gasteiger partial charge < -0.3 is 10.7 Å². The van der Waals surface area contributed by atoms with E-state index in [4.69, 9.17) is 5.73 Å². The molecular weight excluding hydrogens is 226 g/mol. The number of benzene rings is 1. The zero-order valence-electron chi connectivity index (χ0n) is 8.29. The number of aromatic amines is 1. The number of para-hydroxylation sites is 2. The molecular formula is C10H10ClN5. The summed E-state index contributed by atoms with van der Waals surface area (Å²) in [5.41, 5.74) is 8.11. The lowest BCUT2D eigenvalue weighted by Crippen LogP contribution is -1.96. The first-order chi connectivity index (χ1) is 7.33. The number of H-pyrrole nitrogens is 1. The third kappa shape index (κ3) is 1.61. The smallest absolute Gasteiger partial charge is 0.229 e. The lowest BCUT2D eigenvalue weighted by Gasteiger charge is -1.91. The van der Waals surface area contributed by atoms with Crippen LogP contribution in [0.1, 0.15) is 0 Å². The van der Waals surface area contributed by atoms with Gasteiger partial charge in [-0.2, -0.15) is 5.10 Å². The van der Waals surface area contributed by atoms with Crippen molar-refractivity contribution in [1.82, 2.24) is 19.7 Å². The van der Waals surface area contributed by atoms with Gasteiger partial charge in [0, 0.05) is 0 Å². The molecule has 6 heteroatoms. The Morgan fingerprint density at radius 2 is 2.06 bits per heavy atom. The van der Waals surface area contributed by atoms with Crippen molar-refractivity contribution in [2.45, 2.75) is 0 Å². The summed E-state index contributed by atoms with van der Waals surface area (Å²) in [5.74, 6) is 0.674. The zero-order chi connectivity index (χ0) is 10.3. The Hall–Kier alpha value is -2.01. The number of aromatic nitrogens is 4. The van der Waals surface area contributed by atoms with Gasteiger partial charge in [-0.1, -0.05) is 12.1 Å². The van der Waals surface area contributed by atoms with Crippen molar-refractivity contribution < 1.29 is 0 Å². The molecule has 0 fully saturated rings. The Labute approximate surface area is 97.7 Å². The largest absolute Gasteiger partial charge is 0.396 e. The van der Waals surface area contributed by atoms with E-state index in [0.29, 0.717) is 11.6 Å². The average Bonchev–Trinajstić information content (AvgIpc) is 2.82. The number of nitrogens with one attached hydrogen (secondary N) is 1. The molecule has 2 heterocycles. The highest BCUT2D eigenvalue weighted by molar-refractivity contribution is 5.85. The lowest BCUT2D eigenvalue weighted by atomic mass is 10.3. The van der Waals surface area contributed by atoms with Gasteiger partial charge in [-0.05, 0) is 12.1 Å². The fourth-order valence-corrected chi connectivity index (χ4v) is 1.50. The Bertz CT molecular complexity index is 579. The van der Waals surface area contributed by atoms with E-state index in [-0.39, 0.29) is 12.4 Å². The summed E-state index contributed by atoms with van der Waals surface area (Å²) in [6.07, 6.45) is 3.31. The molecule has 82 valence electrons. The van der Waals surface area contributed by atoms with E-state index in [1.54, 1.807) is 17.1 Å². The summed E-state index contributed by atoms with van der Waals surface area (Å²) in [6, 6.07) is 7.83. The number of fused-ring (bicyclic) bond motifs is 1. The van der Waals surface area contributed by atoms with Gasteiger partial charge in [-0.25, -0.2) is 9.67 Å². The predicted molar refractivity (Wildman–Crippen MR) is 64.9 cm³/mol. The van der Waals surface area contributed by atoms with Crippen LogP contribution in [0.25, 0.3) is 17.0 Å². The number of rotatable bonds is 1. The number of halogens is 1. The summed E-state index contributed by atoms with van der Waals surface area (Å²) < 4.78 is 1.62. The van der Waals surface area contributed by atoms with E-state index in [1.165, 1.54) is 0 Å². The molecule has 0 bridgehead atoms. The third-order valence-electron chi connectivity index (χ3n) is 2.20. The minimum atomic E-state index is 0. The van der Waals surface area contributed by atoms with Crippen LogP contribution in [0.5, 0.6) is 0 Å². The standard InChI is InChI=1S/C10H9N5.ClH/c11-7-5-12-15(6-7)10-13-8-3-1-2-4-9(8)14-10;/h1-6H,11H2,(H,13,14);1H. The van der Waals surface area contributed by atoms with Crippen molar-refractivity contribution in [3.05, 3.63) is 36.7 Å². The summed E-state index contributed by atoms with van der Waals surface area (Å²) in [5, 5.41) is 4.08. The van der Waals surface area contributed by atoms with Gasteiger partial charge in [0.15, 0.2) is 0 Å². The molecule has 0 saturated carbocycles. The van der Waals surface area contributed by atoms with Gasteiger partial charge in [0.1, 0.15) is 0 Å². The first-order valence-corrected chi connectivity index (χ1v) is 4.58. The third-order valence-corrected chi connectivity index (χ3v) is 2.20. The van der Waals surface area contributed by atoms with E-state index in [9.17, 15) is 0 Å². The number of anilines is 1. The Morgan fingerprint density at radius 1 is 1.25 bits per heavy atom. The molecule has 3 rings (SSSR count). The molecule has 16 heavy (non-hydrogen) atoms. The van der Waals surface area contributed by atoms with Gasteiger partial charge in [-0.3, -0.25) is 0 Å². The van der Waals surface area contributed by atoms with Crippen molar-refractivity contribution >= 4 is 29.1 Å². The minimum Gasteiger partial charge on any atom is -0.396 e. The van der Waals surface area contributed by atoms with Crippen molar-refractivity contribution in [1.29, 1.82) is 0 Å². The molecule has 0 unspecified atom stereocenters. The molecule has 0 amide bonds. The Balaban J connectivity index is 0.000000963. The van der Waals surface area contributed by atoms with Crippen molar-refractivity contribution in [2.24, 2.45) is 0 Å². The van der Waals surface area contributed by atoms with E-state index in [1.807, 2.05) is 24.3 Å². The van der Waals surface area contributed by atoms with Gasteiger partial charge in [0.05, 0.1) is 29.1 Å². The summed E-state index contributed by atoms with van der Waals surface area (Å²) in [6.45, 7) is 0. The van der Waals surface area contributed by atoms with Crippen LogP contribution in [0, 0.1) is 0 Å². The van der Waals surface area contributed by atoms with E-state index in [0.717, 1.165) is 11.0 Å². The second kappa shape index (κ2) is 3.86. The topological polar surface area (TPSA) is 72.5 Å². The fourth-order valence-electron chi connectivity index (χ4n) is 1.50. The fraction of sp³-hybridized carbons (Fsp3) is 0. The van der Waals surface area contributed by atoms with Crippen LogP contribution in [-0.4, -0.2) is 19.7 Å². The number of nitrogens with zero attached hydrogens (tertiary/aromatic N) is 3. The van der Waals surface area contributed by atoms with Gasteiger partial charge >= 0.3 is 0 Å². The summed E-state index contributed by atoms with van der Waals surface area (Å²) >= 11 is 0. The van der Waals surface area contributed by atoms with Crippen LogP contribution >= 0.6 is 12.4 Å². The quantitative estimate of drug-likeness (QED) is 0.675. The first kappa shape index (κ1) is 10.5. The Kier molecular flexibility index (Phi) is 2.54. The SMILES string of the molecule is Cl.Nc1cnn(-c2nc3ccccc3[nH]2)c1. The molecule has 0 atom stereocenters. The zero-order valence-corrected chi connectivity index (χ0v) is 9.11. The van der Waals surface area contributed by atoms with E-state index >= 15 is 0 Å². The van der Waals surface area contributed by atoms with Crippen LogP contribution in [0.3, 0.4) is 0 Å². The van der Waals surface area contributed by atoms with Crippen LogP contribution < -0.4 is 5.73 Å². The molecule has 0 aliphatic rings. The van der Waals surface area contributed by atoms with Gasteiger partial charge in [0.2, 0.25) is 5.95 Å². The number of hydrogen-bond acceptors (Lipinski definition) is 3. The van der Waals surface area contributed by atoms with Crippen molar-refractivity contribution in [3.63, 3.8) is 0 Å². The first-order valence-electron chi connectivity index (χ1n) is 4.58. The Morgan fingerprint density at radius 3 is 2.75 bits per heavy atom. The number of imidazole rings is 1. The average molecular weight is 236 g/mol. The highest BCUT2D eigenvalue weighted by atomic mass is 35.5. The molecule has 0 aliphatic carbocycles. The number of nitrogens with two attached hydrogens (primary N) is 1. The van der Waals surface area contributed by atoms with Crippen molar-refractivity contribution in [3.8, 4) is 5.95 Å². The highest BCUT2D eigenvalue weighted by Gasteiger charge is 2.04. The highest BCUT2D eigenvalue weighted by Crippen LogP contribution is 2.13. The molecule has 3 N–H and O–H groups in total. The van der Waals surface area contributed by atoms with E-state index < -0.39 is 0 Å². The van der Waals surface area contributed by atoms with Crippen LogP contribution in [0.4, 0.5) is 5.69 Å². The predicted octanol–water partition coefficient (Wildman–Crippen LogP) is 1.75. The van der Waals surface area contributed by atoms with Crippen LogP contribution in [-0.2, 0) is 0 Å². The minimum absolute atomic E-state index is 0. The second-order valence-electron chi connectivity index (χ2n) is 3.30. The molecule has 5 nitrogen and oxygen atoms in total. The number of hydrogen-bond donors (Lipinski definition) is 2. The maximum absolute atomic E-state index is 5.59. The van der Waals surface area contributed by atoms with Crippen molar-refractivity contribution in [2.75, 3.05) is 5.73 Å². The number of nitrogen functional groups attached to an aromatic ring is 1. The molecule has 0 saturated heterocycles. The monoisotopic (exact) mass is 235 g/mol. The summed E-state index contributed by atoms with van der Waals surface area (Å²) in [4.78, 5) is 7.54. The van der Waals surface area contributed by atoms with Crippen LogP contribution in [0.15, 0.2) is 36.7 Å². The van der Waals surface area contributed by atoms with Crippen LogP contribution in [0.2, 0.25) is 0 Å². The lowest BCUT2D eigenvalue weighted by molar-refractivity contribution is 0.829. The molecule has 3 aromatic rings.